The summed E-state index contributed by atoms with van der Waals surface area (Å²) in [7, 11) is 0. The molecule has 1 aliphatic carbocycles. The molecule has 1 fully saturated rings. The number of aromatic amines is 1. The van der Waals surface area contributed by atoms with Gasteiger partial charge in [0.1, 0.15) is 6.54 Å². The summed E-state index contributed by atoms with van der Waals surface area (Å²) in [6.45, 7) is 1.02. The fourth-order valence-corrected chi connectivity index (χ4v) is 4.92. The molecule has 2 N–H and O–H groups in total. The minimum atomic E-state index is -0.337. The number of para-hydroxylation sites is 1. The molecule has 8 heteroatoms. The lowest BCUT2D eigenvalue weighted by molar-refractivity contribution is -0.132. The van der Waals surface area contributed by atoms with Crippen LogP contribution in [0.25, 0.3) is 10.9 Å². The van der Waals surface area contributed by atoms with E-state index in [2.05, 4.69) is 16.4 Å². The molecule has 0 aliphatic heterocycles. The van der Waals surface area contributed by atoms with Crippen molar-refractivity contribution < 1.29 is 9.59 Å². The Labute approximate surface area is 226 Å². The van der Waals surface area contributed by atoms with Crippen LogP contribution in [0, 0.1) is 0 Å². The number of urea groups is 1. The zero-order chi connectivity index (χ0) is 25.8. The van der Waals surface area contributed by atoms with Crippen molar-refractivity contribution in [2.24, 2.45) is 0 Å². The average Bonchev–Trinajstić information content (AvgIpc) is 3.66. The van der Waals surface area contributed by atoms with Crippen molar-refractivity contribution in [3.05, 3.63) is 100 Å². The Morgan fingerprint density at radius 1 is 0.973 bits per heavy atom. The quantitative estimate of drug-likeness (QED) is 0.249. The van der Waals surface area contributed by atoms with Gasteiger partial charge in [0.05, 0.1) is 10.7 Å². The molecule has 0 saturated heterocycles. The highest BCUT2D eigenvalue weighted by molar-refractivity contribution is 6.36. The number of hydrogen-bond donors (Lipinski definition) is 2. The molecule has 4 aromatic rings. The molecule has 1 saturated carbocycles. The maximum absolute atomic E-state index is 13.6. The van der Waals surface area contributed by atoms with Gasteiger partial charge < -0.3 is 20.1 Å². The highest BCUT2D eigenvalue weighted by Crippen LogP contribution is 2.30. The van der Waals surface area contributed by atoms with E-state index in [1.807, 2.05) is 59.6 Å². The molecule has 0 atom stereocenters. The third kappa shape index (κ3) is 6.27. The van der Waals surface area contributed by atoms with Crippen molar-refractivity contribution in [2.75, 3.05) is 18.4 Å². The smallest absolute Gasteiger partial charge is 0.322 e. The van der Waals surface area contributed by atoms with Gasteiger partial charge in [0, 0.05) is 41.3 Å². The molecule has 3 amide bonds. The Kier molecular flexibility index (Phi) is 7.68. The summed E-state index contributed by atoms with van der Waals surface area (Å²) in [6, 6.07) is 22.7. The predicted molar refractivity (Wildman–Crippen MR) is 149 cm³/mol. The fraction of sp³-hybridized carbons (Fsp3) is 0.241. The number of rotatable bonds is 9. The molecule has 6 nitrogen and oxygen atoms in total. The maximum atomic E-state index is 13.6. The highest BCUT2D eigenvalue weighted by Gasteiger charge is 2.35. The predicted octanol–water partition coefficient (Wildman–Crippen LogP) is 6.74. The van der Waals surface area contributed by atoms with Crippen LogP contribution in [0.3, 0.4) is 0 Å². The third-order valence-electron chi connectivity index (χ3n) is 6.62. The summed E-state index contributed by atoms with van der Waals surface area (Å²) in [5.41, 5.74) is 3.76. The normalized spacial score (nSPS) is 12.9. The number of fused-ring (bicyclic) bond motifs is 1. The summed E-state index contributed by atoms with van der Waals surface area (Å²) < 4.78 is 0. The lowest BCUT2D eigenvalue weighted by Gasteiger charge is -2.28. The summed E-state index contributed by atoms with van der Waals surface area (Å²) in [6.07, 6.45) is 4.47. The van der Waals surface area contributed by atoms with Crippen molar-refractivity contribution in [1.82, 2.24) is 14.8 Å². The van der Waals surface area contributed by atoms with Crippen LogP contribution in [-0.4, -0.2) is 45.9 Å². The molecule has 37 heavy (non-hydrogen) atoms. The molecule has 0 spiro atoms. The van der Waals surface area contributed by atoms with Crippen LogP contribution in [0.15, 0.2) is 79.0 Å². The van der Waals surface area contributed by atoms with E-state index >= 15 is 0 Å². The van der Waals surface area contributed by atoms with Crippen LogP contribution < -0.4 is 5.32 Å². The fourth-order valence-electron chi connectivity index (χ4n) is 4.47. The maximum Gasteiger partial charge on any atom is 0.322 e. The van der Waals surface area contributed by atoms with Gasteiger partial charge in [0.25, 0.3) is 0 Å². The van der Waals surface area contributed by atoms with Gasteiger partial charge in [-0.2, -0.15) is 0 Å². The molecule has 1 aromatic heterocycles. The first kappa shape index (κ1) is 25.2. The van der Waals surface area contributed by atoms with Crippen LogP contribution in [0.4, 0.5) is 10.5 Å². The van der Waals surface area contributed by atoms with Crippen molar-refractivity contribution in [2.45, 2.75) is 31.8 Å². The van der Waals surface area contributed by atoms with Gasteiger partial charge in [0.2, 0.25) is 5.91 Å². The van der Waals surface area contributed by atoms with Gasteiger partial charge in [-0.05, 0) is 54.7 Å². The molecule has 0 radical (unpaired) electrons. The Morgan fingerprint density at radius 3 is 2.49 bits per heavy atom. The van der Waals surface area contributed by atoms with E-state index < -0.39 is 0 Å². The topological polar surface area (TPSA) is 68.4 Å². The van der Waals surface area contributed by atoms with Gasteiger partial charge in [-0.15, -0.1) is 0 Å². The van der Waals surface area contributed by atoms with Gasteiger partial charge in [0.15, 0.2) is 0 Å². The Morgan fingerprint density at radius 2 is 1.73 bits per heavy atom. The lowest BCUT2D eigenvalue weighted by atomic mass is 10.1. The number of carbonyl (C=O) groups excluding carboxylic acids is 2. The van der Waals surface area contributed by atoms with Gasteiger partial charge in [-0.3, -0.25) is 4.79 Å². The van der Waals surface area contributed by atoms with Crippen LogP contribution >= 0.6 is 23.2 Å². The highest BCUT2D eigenvalue weighted by atomic mass is 35.5. The van der Waals surface area contributed by atoms with Crippen LogP contribution in [-0.2, 0) is 17.8 Å². The minimum absolute atomic E-state index is 0.00241. The number of H-pyrrole nitrogens is 1. The lowest BCUT2D eigenvalue weighted by Crippen LogP contribution is -2.45. The second kappa shape index (κ2) is 11.3. The monoisotopic (exact) mass is 534 g/mol. The van der Waals surface area contributed by atoms with Crippen LogP contribution in [0.2, 0.25) is 10.0 Å². The summed E-state index contributed by atoms with van der Waals surface area (Å²) in [4.78, 5) is 33.6. The second-order valence-electron chi connectivity index (χ2n) is 9.32. The third-order valence-corrected chi connectivity index (χ3v) is 7.17. The van der Waals surface area contributed by atoms with Gasteiger partial charge in [-0.25, -0.2) is 4.79 Å². The van der Waals surface area contributed by atoms with E-state index in [9.17, 15) is 9.59 Å². The van der Waals surface area contributed by atoms with E-state index in [0.717, 1.165) is 34.9 Å². The van der Waals surface area contributed by atoms with Gasteiger partial charge >= 0.3 is 6.03 Å². The first-order chi connectivity index (χ1) is 18.0. The van der Waals surface area contributed by atoms with E-state index in [1.165, 1.54) is 0 Å². The molecule has 5 rings (SSSR count). The largest absolute Gasteiger partial charge is 0.361 e. The number of carbonyl (C=O) groups is 2. The van der Waals surface area contributed by atoms with Gasteiger partial charge in [-0.1, -0.05) is 71.7 Å². The number of hydrogen-bond acceptors (Lipinski definition) is 2. The Balaban J connectivity index is 1.31. The summed E-state index contributed by atoms with van der Waals surface area (Å²) in [5, 5.41) is 4.85. The molecular formula is C29H28Cl2N4O2. The molecule has 0 unspecified atom stereocenters. The number of benzene rings is 3. The minimum Gasteiger partial charge on any atom is -0.361 e. The summed E-state index contributed by atoms with van der Waals surface area (Å²) >= 11 is 12.2. The van der Waals surface area contributed by atoms with Crippen molar-refractivity contribution >= 4 is 51.7 Å². The van der Waals surface area contributed by atoms with Crippen molar-refractivity contribution in [3.8, 4) is 0 Å². The average molecular weight is 535 g/mol. The van der Waals surface area contributed by atoms with Crippen molar-refractivity contribution in [1.29, 1.82) is 0 Å². The zero-order valence-electron chi connectivity index (χ0n) is 20.3. The van der Waals surface area contributed by atoms with E-state index in [4.69, 9.17) is 23.2 Å². The molecule has 1 heterocycles. The SMILES string of the molecule is O=C(CN(C(=O)Nc1ccc(Cl)cc1Cl)C1CC1)N(CCc1c[nH]c2ccccc12)Cc1ccccc1. The molecular weight excluding hydrogens is 507 g/mol. The number of nitrogens with zero attached hydrogens (tertiary/aromatic N) is 2. The first-order valence-electron chi connectivity index (χ1n) is 12.4. The van der Waals surface area contributed by atoms with Crippen LogP contribution in [0.5, 0.6) is 0 Å². The Hall–Kier alpha value is -3.48. The number of nitrogens with one attached hydrogen (secondary N) is 2. The van der Waals surface area contributed by atoms with Crippen molar-refractivity contribution in [3.63, 3.8) is 0 Å². The standard InChI is InChI=1S/C29H28Cl2N4O2/c30-22-10-13-27(25(31)16-22)33-29(37)35(23-11-12-23)19-28(36)34(18-20-6-2-1-3-7-20)15-14-21-17-32-26-9-5-4-8-24(21)26/h1-10,13,16-17,23,32H,11-12,14-15,18-19H2,(H,33,37). The number of halogens is 2. The molecule has 3 aromatic carbocycles. The first-order valence-corrected chi connectivity index (χ1v) is 13.1. The van der Waals surface area contributed by atoms with E-state index in [0.29, 0.717) is 35.2 Å². The van der Waals surface area contributed by atoms with Crippen LogP contribution in [0.1, 0.15) is 24.0 Å². The number of aromatic nitrogens is 1. The molecule has 1 aliphatic rings. The van der Waals surface area contributed by atoms with E-state index in [1.54, 1.807) is 23.1 Å². The Bertz CT molecular complexity index is 1400. The number of amides is 3. The summed E-state index contributed by atoms with van der Waals surface area (Å²) in [5.74, 6) is -0.0899. The van der Waals surface area contributed by atoms with E-state index in [-0.39, 0.29) is 24.5 Å². The number of anilines is 1. The second-order valence-corrected chi connectivity index (χ2v) is 10.2. The molecule has 190 valence electrons. The molecule has 0 bridgehead atoms. The zero-order valence-corrected chi connectivity index (χ0v) is 21.8.